The Morgan fingerprint density at radius 3 is 2.92 bits per heavy atom. The van der Waals surface area contributed by atoms with Crippen LogP contribution in [0, 0.1) is 0 Å². The van der Waals surface area contributed by atoms with Gasteiger partial charge in [0.15, 0.2) is 10.7 Å². The Morgan fingerprint density at radius 1 is 1.31 bits per heavy atom. The van der Waals surface area contributed by atoms with Gasteiger partial charge in [0, 0.05) is 0 Å². The van der Waals surface area contributed by atoms with Crippen molar-refractivity contribution in [2.24, 2.45) is 0 Å². The van der Waals surface area contributed by atoms with Crippen LogP contribution in [0.5, 0.6) is 0 Å². The predicted octanol–water partition coefficient (Wildman–Crippen LogP) is 0.000400. The van der Waals surface area contributed by atoms with Crippen LogP contribution < -0.4 is 0 Å². The molecule has 66 valence electrons. The molecule has 1 N–H and O–H groups in total. The molecule has 1 unspecified atom stereocenters. The lowest BCUT2D eigenvalue weighted by Crippen LogP contribution is -1.96. The van der Waals surface area contributed by atoms with Crippen LogP contribution in [-0.4, -0.2) is 28.7 Å². The molecule has 0 aliphatic heterocycles. The van der Waals surface area contributed by atoms with E-state index in [1.165, 1.54) is 18.7 Å². The van der Waals surface area contributed by atoms with Crippen molar-refractivity contribution in [3.05, 3.63) is 18.7 Å². The van der Waals surface area contributed by atoms with Crippen LogP contribution in [-0.2, 0) is 11.1 Å². The lowest BCUT2D eigenvalue weighted by molar-refractivity contribution is 0.560. The van der Waals surface area contributed by atoms with E-state index in [0.717, 1.165) is 0 Å². The van der Waals surface area contributed by atoms with Crippen molar-refractivity contribution in [2.45, 2.75) is 5.03 Å². The molecule has 2 rings (SSSR count). The number of aromatic nitrogens is 4. The van der Waals surface area contributed by atoms with Gasteiger partial charge in [0.1, 0.15) is 11.8 Å². The van der Waals surface area contributed by atoms with E-state index in [4.69, 9.17) is 4.55 Å². The molecule has 0 saturated carbocycles. The van der Waals surface area contributed by atoms with Crippen LogP contribution in [0.2, 0.25) is 0 Å². The second kappa shape index (κ2) is 3.11. The van der Waals surface area contributed by atoms with E-state index in [1.54, 1.807) is 0 Å². The summed E-state index contributed by atoms with van der Waals surface area (Å²) in [5, 5.41) is -0.00815. The van der Waals surface area contributed by atoms with Gasteiger partial charge >= 0.3 is 0 Å². The van der Waals surface area contributed by atoms with Crippen molar-refractivity contribution in [1.29, 1.82) is 0 Å². The van der Waals surface area contributed by atoms with Crippen molar-refractivity contribution in [2.75, 3.05) is 0 Å². The summed E-state index contributed by atoms with van der Waals surface area (Å²) >= 11 is -2.12. The molecule has 1 atom stereocenters. The Morgan fingerprint density at radius 2 is 2.15 bits per heavy atom. The molecule has 6 nitrogen and oxygen atoms in total. The highest BCUT2D eigenvalue weighted by Gasteiger charge is 2.04. The van der Waals surface area contributed by atoms with Gasteiger partial charge in [-0.2, -0.15) is 0 Å². The molecule has 0 amide bonds. The minimum absolute atomic E-state index is 0.00815. The van der Waals surface area contributed by atoms with Gasteiger partial charge in [0.2, 0.25) is 11.1 Å². The summed E-state index contributed by atoms with van der Waals surface area (Å²) in [5.41, 5.74) is 0.812. The number of hydrogen-bond acceptors (Lipinski definition) is 5. The van der Waals surface area contributed by atoms with Gasteiger partial charge in [-0.3, -0.25) is 0 Å². The third-order valence-electron chi connectivity index (χ3n) is 1.38. The average Bonchev–Trinajstić information content (AvgIpc) is 2.17. The van der Waals surface area contributed by atoms with Crippen LogP contribution in [0.4, 0.5) is 0 Å². The van der Waals surface area contributed by atoms with Crippen LogP contribution in [0.15, 0.2) is 23.7 Å². The SMILES string of the molecule is O=S(O)c1cnc2cncnc2n1. The third kappa shape index (κ3) is 1.51. The number of hydrogen-bond donors (Lipinski definition) is 1. The second-order valence-electron chi connectivity index (χ2n) is 2.19. The smallest absolute Gasteiger partial charge is 0.207 e. The quantitative estimate of drug-likeness (QED) is 0.646. The summed E-state index contributed by atoms with van der Waals surface area (Å²) in [7, 11) is 0. The zero-order chi connectivity index (χ0) is 9.26. The van der Waals surface area contributed by atoms with E-state index >= 15 is 0 Å². The first-order chi connectivity index (χ1) is 6.27. The zero-order valence-corrected chi connectivity index (χ0v) is 7.10. The van der Waals surface area contributed by atoms with Crippen molar-refractivity contribution >= 4 is 22.2 Å². The van der Waals surface area contributed by atoms with Gasteiger partial charge in [0.05, 0.1) is 12.4 Å². The monoisotopic (exact) mass is 196 g/mol. The second-order valence-corrected chi connectivity index (χ2v) is 3.11. The molecule has 0 bridgehead atoms. The highest BCUT2D eigenvalue weighted by atomic mass is 32.2. The lowest BCUT2D eigenvalue weighted by atomic mass is 10.5. The van der Waals surface area contributed by atoms with E-state index in [1.807, 2.05) is 0 Å². The van der Waals surface area contributed by atoms with E-state index < -0.39 is 11.1 Å². The molecule has 2 heterocycles. The summed E-state index contributed by atoms with van der Waals surface area (Å²) in [6, 6.07) is 0. The molecule has 0 radical (unpaired) electrons. The Bertz CT molecular complexity index is 475. The molecular weight excluding hydrogens is 192 g/mol. The maximum absolute atomic E-state index is 10.6. The Kier molecular flexibility index (Phi) is 1.95. The molecule has 7 heteroatoms. The molecule has 0 fully saturated rings. The molecule has 0 aliphatic rings. The van der Waals surface area contributed by atoms with E-state index in [0.29, 0.717) is 11.2 Å². The van der Waals surface area contributed by atoms with Crippen LogP contribution >= 0.6 is 0 Å². The minimum atomic E-state index is -2.12. The molecule has 0 aromatic carbocycles. The maximum atomic E-state index is 10.6. The maximum Gasteiger partial charge on any atom is 0.207 e. The van der Waals surface area contributed by atoms with Gasteiger partial charge < -0.3 is 4.55 Å². The largest absolute Gasteiger partial charge is 0.301 e. The molecule has 0 aliphatic carbocycles. The molecule has 13 heavy (non-hydrogen) atoms. The van der Waals surface area contributed by atoms with Crippen molar-refractivity contribution in [1.82, 2.24) is 19.9 Å². The highest BCUT2D eigenvalue weighted by Crippen LogP contribution is 2.05. The van der Waals surface area contributed by atoms with Crippen LogP contribution in [0.25, 0.3) is 11.2 Å². The minimum Gasteiger partial charge on any atom is -0.301 e. The van der Waals surface area contributed by atoms with Gasteiger partial charge in [-0.25, -0.2) is 24.1 Å². The predicted molar refractivity (Wildman–Crippen MR) is 44.2 cm³/mol. The Labute approximate surface area is 75.4 Å². The van der Waals surface area contributed by atoms with Gasteiger partial charge in [0.25, 0.3) is 0 Å². The molecular formula is C6H4N4O2S. The fourth-order valence-electron chi connectivity index (χ4n) is 0.835. The topological polar surface area (TPSA) is 88.9 Å². The molecule has 2 aromatic rings. The highest BCUT2D eigenvalue weighted by molar-refractivity contribution is 7.79. The Balaban J connectivity index is 2.69. The summed E-state index contributed by atoms with van der Waals surface area (Å²) in [6.07, 6.45) is 4.02. The Hall–Kier alpha value is -1.47. The van der Waals surface area contributed by atoms with Crippen LogP contribution in [0.1, 0.15) is 0 Å². The first-order valence-electron chi connectivity index (χ1n) is 3.31. The fraction of sp³-hybridized carbons (Fsp3) is 0. The average molecular weight is 196 g/mol. The van der Waals surface area contributed by atoms with Gasteiger partial charge in [-0.1, -0.05) is 0 Å². The molecule has 0 saturated heterocycles. The summed E-state index contributed by atoms with van der Waals surface area (Å²) in [4.78, 5) is 15.2. The molecule has 0 spiro atoms. The van der Waals surface area contributed by atoms with Crippen molar-refractivity contribution < 1.29 is 8.76 Å². The fourth-order valence-corrected chi connectivity index (χ4v) is 1.14. The normalized spacial score (nSPS) is 13.0. The first-order valence-corrected chi connectivity index (χ1v) is 4.41. The van der Waals surface area contributed by atoms with Crippen molar-refractivity contribution in [3.8, 4) is 0 Å². The third-order valence-corrected chi connectivity index (χ3v) is 1.94. The van der Waals surface area contributed by atoms with Crippen LogP contribution in [0.3, 0.4) is 0 Å². The standard InChI is InChI=1S/C6H4N4O2S/c11-13(12)5-2-8-4-1-7-3-9-6(4)10-5/h1-3H,(H,11,12). The summed E-state index contributed by atoms with van der Waals surface area (Å²) in [6.45, 7) is 0. The first kappa shape index (κ1) is 8.14. The number of nitrogens with zero attached hydrogens (tertiary/aromatic N) is 4. The summed E-state index contributed by atoms with van der Waals surface area (Å²) in [5.74, 6) is 0. The number of rotatable bonds is 1. The zero-order valence-electron chi connectivity index (χ0n) is 6.28. The van der Waals surface area contributed by atoms with Gasteiger partial charge in [-0.05, 0) is 0 Å². The van der Waals surface area contributed by atoms with E-state index in [-0.39, 0.29) is 5.03 Å². The van der Waals surface area contributed by atoms with E-state index in [9.17, 15) is 4.21 Å². The number of fused-ring (bicyclic) bond motifs is 1. The van der Waals surface area contributed by atoms with Crippen molar-refractivity contribution in [3.63, 3.8) is 0 Å². The lowest BCUT2D eigenvalue weighted by Gasteiger charge is -1.95. The molecule has 2 aromatic heterocycles. The van der Waals surface area contributed by atoms with E-state index in [2.05, 4.69) is 19.9 Å². The van der Waals surface area contributed by atoms with Gasteiger partial charge in [-0.15, -0.1) is 0 Å². The summed E-state index contributed by atoms with van der Waals surface area (Å²) < 4.78 is 19.3.